The molecule has 2 heterocycles. The summed E-state index contributed by atoms with van der Waals surface area (Å²) < 4.78 is 93.3. The molecule has 0 fully saturated rings. The normalized spacial score (nSPS) is 12.1. The van der Waals surface area contributed by atoms with E-state index in [-0.39, 0.29) is 17.2 Å². The first kappa shape index (κ1) is 59.1. The minimum atomic E-state index is -5.09. The van der Waals surface area contributed by atoms with Crippen molar-refractivity contribution in [2.24, 2.45) is 0 Å². The fraction of sp³-hybridized carbons (Fsp3) is 0.173. The highest BCUT2D eigenvalue weighted by atomic mass is 19.4. The van der Waals surface area contributed by atoms with Gasteiger partial charge in [0, 0.05) is 32.7 Å². The van der Waals surface area contributed by atoms with Crippen LogP contribution in [0.25, 0.3) is 122 Å². The van der Waals surface area contributed by atoms with E-state index in [1.165, 1.54) is 11.1 Å². The first-order valence-corrected chi connectivity index (χ1v) is 30.2. The smallest absolute Gasteiger partial charge is 0.309 e. The van der Waals surface area contributed by atoms with Gasteiger partial charge in [0.2, 0.25) is 0 Å². The van der Waals surface area contributed by atoms with Crippen molar-refractivity contribution >= 4 is 43.6 Å². The SMILES string of the molecule is Cc1cc(C)c(-c2ccc3c(c2)c2cc(-c4c(C)cc(C)cc4C)ccc2n3-c2ccc(C#N)cc2-c2ccc(-c3cc(C(F)(F)F)cc(C(F)(F)F)c3)cc2-n2c3ccc(-c4c(C)cc(C)cc4C)cc3c3cc(-c4c(C)cc(C)cc4C)ccc32)c(C)c1. The zero-order chi connectivity index (χ0) is 63.7. The Hall–Kier alpha value is -9.91. The third-order valence-electron chi connectivity index (χ3n) is 18.2. The van der Waals surface area contributed by atoms with Gasteiger partial charge in [-0.15, -0.1) is 0 Å². The molecule has 0 aliphatic heterocycles. The van der Waals surface area contributed by atoms with E-state index >= 15 is 0 Å². The molecule has 0 saturated carbocycles. The van der Waals surface area contributed by atoms with Gasteiger partial charge in [0.15, 0.2) is 0 Å². The number of fused-ring (bicyclic) bond motifs is 6. The van der Waals surface area contributed by atoms with Crippen LogP contribution >= 0.6 is 0 Å². The molecule has 446 valence electrons. The van der Waals surface area contributed by atoms with Gasteiger partial charge in [0.25, 0.3) is 0 Å². The van der Waals surface area contributed by atoms with Crippen molar-refractivity contribution in [1.82, 2.24) is 9.13 Å². The second kappa shape index (κ2) is 21.7. The van der Waals surface area contributed by atoms with Crippen molar-refractivity contribution in [1.29, 1.82) is 5.26 Å². The molecule has 0 unspecified atom stereocenters. The van der Waals surface area contributed by atoms with Gasteiger partial charge in [-0.1, -0.05) is 107 Å². The molecular formula is C81H65F6N3. The number of rotatable bonds is 8. The lowest BCUT2D eigenvalue weighted by Gasteiger charge is -2.21. The number of aromatic nitrogens is 2. The number of benzene rings is 11. The predicted molar refractivity (Wildman–Crippen MR) is 359 cm³/mol. The highest BCUT2D eigenvalue weighted by Crippen LogP contribution is 2.48. The van der Waals surface area contributed by atoms with E-state index in [1.54, 1.807) is 24.3 Å². The monoisotopic (exact) mass is 1190 g/mol. The van der Waals surface area contributed by atoms with Crippen LogP contribution in [0.1, 0.15) is 83.5 Å². The fourth-order valence-corrected chi connectivity index (χ4v) is 15.0. The molecule has 13 rings (SSSR count). The van der Waals surface area contributed by atoms with Crippen LogP contribution in [0.4, 0.5) is 26.3 Å². The third kappa shape index (κ3) is 10.1. The van der Waals surface area contributed by atoms with E-state index < -0.39 is 23.5 Å². The maximum atomic E-state index is 14.8. The second-order valence-electron chi connectivity index (χ2n) is 25.1. The molecule has 3 nitrogen and oxygen atoms in total. The van der Waals surface area contributed by atoms with Crippen LogP contribution in [0.5, 0.6) is 0 Å². The van der Waals surface area contributed by atoms with Crippen LogP contribution in [-0.2, 0) is 12.4 Å². The molecule has 0 spiro atoms. The quantitative estimate of drug-likeness (QED) is 0.140. The molecular weight excluding hydrogens is 1130 g/mol. The Balaban J connectivity index is 1.15. The average molecular weight is 1190 g/mol. The Morgan fingerprint density at radius 1 is 0.289 bits per heavy atom. The number of hydrogen-bond acceptors (Lipinski definition) is 1. The molecule has 11 aromatic carbocycles. The standard InChI is InChI=1S/C81H65F6N3/c1-43-25-47(5)76(48(6)26-43)57-15-21-71-66(36-57)67-37-58(77-49(7)27-44(2)28-50(77)8)16-22-72(67)89(71)70-20-13-55(42-88)33-65(70)64-19-14-56(61-34-62(80(82,83)84)41-63(35-61)81(85,86)87)40-75(64)90-73-23-17-59(78-51(9)29-45(3)30-52(78)10)38-68(73)69-39-60(18-24-74(69)90)79-53(11)31-46(4)32-54(79)12/h13-41H,1-12H3. The average Bonchev–Trinajstić information content (AvgIpc) is 1.56. The van der Waals surface area contributed by atoms with Gasteiger partial charge >= 0.3 is 12.4 Å². The van der Waals surface area contributed by atoms with E-state index in [2.05, 4.69) is 220 Å². The number of nitriles is 1. The van der Waals surface area contributed by atoms with Crippen LogP contribution in [-0.4, -0.2) is 9.13 Å². The molecule has 0 aliphatic rings. The summed E-state index contributed by atoms with van der Waals surface area (Å²) in [6, 6.07) is 58.2. The van der Waals surface area contributed by atoms with E-state index in [4.69, 9.17) is 0 Å². The molecule has 90 heavy (non-hydrogen) atoms. The van der Waals surface area contributed by atoms with E-state index in [1.807, 2.05) is 12.1 Å². The Morgan fingerprint density at radius 2 is 0.600 bits per heavy atom. The van der Waals surface area contributed by atoms with Crippen LogP contribution < -0.4 is 0 Å². The van der Waals surface area contributed by atoms with Crippen LogP contribution in [0.3, 0.4) is 0 Å². The van der Waals surface area contributed by atoms with Crippen molar-refractivity contribution in [2.45, 2.75) is 95.4 Å². The summed E-state index contributed by atoms with van der Waals surface area (Å²) in [5, 5.41) is 14.7. The van der Waals surface area contributed by atoms with Crippen molar-refractivity contribution < 1.29 is 26.3 Å². The van der Waals surface area contributed by atoms with Gasteiger partial charge in [-0.05, 0) is 274 Å². The Labute approximate surface area is 520 Å². The van der Waals surface area contributed by atoms with Crippen molar-refractivity contribution in [3.63, 3.8) is 0 Å². The van der Waals surface area contributed by atoms with E-state index in [9.17, 15) is 31.6 Å². The Bertz CT molecular complexity index is 4890. The molecule has 0 atom stereocenters. The van der Waals surface area contributed by atoms with Crippen LogP contribution in [0, 0.1) is 94.4 Å². The molecule has 0 radical (unpaired) electrons. The minimum Gasteiger partial charge on any atom is -0.309 e. The third-order valence-corrected chi connectivity index (χ3v) is 18.2. The zero-order valence-corrected chi connectivity index (χ0v) is 52.4. The summed E-state index contributed by atoms with van der Waals surface area (Å²) in [5.74, 6) is 0. The number of halogens is 6. The second-order valence-corrected chi connectivity index (χ2v) is 25.1. The summed E-state index contributed by atoms with van der Waals surface area (Å²) in [7, 11) is 0. The largest absolute Gasteiger partial charge is 0.416 e. The van der Waals surface area contributed by atoms with Gasteiger partial charge in [0.1, 0.15) is 0 Å². The number of nitrogens with zero attached hydrogens (tertiary/aromatic N) is 3. The van der Waals surface area contributed by atoms with Crippen LogP contribution in [0.15, 0.2) is 176 Å². The molecule has 0 aliphatic carbocycles. The summed E-state index contributed by atoms with van der Waals surface area (Å²) in [6.07, 6.45) is -10.2. The van der Waals surface area contributed by atoms with Gasteiger partial charge in [-0.25, -0.2) is 0 Å². The van der Waals surface area contributed by atoms with E-state index in [0.29, 0.717) is 28.1 Å². The lowest BCUT2D eigenvalue weighted by atomic mass is 9.91. The first-order chi connectivity index (χ1) is 42.7. The molecule has 0 amide bonds. The first-order valence-electron chi connectivity index (χ1n) is 30.2. The lowest BCUT2D eigenvalue weighted by molar-refractivity contribution is -0.143. The number of aryl methyl sites for hydroxylation is 12. The summed E-state index contributed by atoms with van der Waals surface area (Å²) in [6.45, 7) is 25.4. The molecule has 0 N–H and O–H groups in total. The predicted octanol–water partition coefficient (Wildman–Crippen LogP) is 23.5. The van der Waals surface area contributed by atoms with Crippen molar-refractivity contribution in [3.05, 3.63) is 259 Å². The topological polar surface area (TPSA) is 33.6 Å². The molecule has 13 aromatic rings. The summed E-state index contributed by atoms with van der Waals surface area (Å²) in [5.41, 5.74) is 25.3. The van der Waals surface area contributed by atoms with Gasteiger partial charge in [-0.2, -0.15) is 31.6 Å². The summed E-state index contributed by atoms with van der Waals surface area (Å²) >= 11 is 0. The fourth-order valence-electron chi connectivity index (χ4n) is 15.0. The van der Waals surface area contributed by atoms with Crippen molar-refractivity contribution in [2.75, 3.05) is 0 Å². The lowest BCUT2D eigenvalue weighted by Crippen LogP contribution is -2.11. The van der Waals surface area contributed by atoms with E-state index in [0.717, 1.165) is 156 Å². The van der Waals surface area contributed by atoms with Gasteiger partial charge in [0.05, 0.1) is 56.2 Å². The molecule has 0 bridgehead atoms. The maximum absolute atomic E-state index is 14.8. The van der Waals surface area contributed by atoms with Crippen LogP contribution in [0.2, 0.25) is 0 Å². The number of alkyl halides is 6. The maximum Gasteiger partial charge on any atom is 0.416 e. The Kier molecular flexibility index (Phi) is 14.2. The van der Waals surface area contributed by atoms with Gasteiger partial charge in [-0.3, -0.25) is 0 Å². The molecule has 2 aromatic heterocycles. The summed E-state index contributed by atoms with van der Waals surface area (Å²) in [4.78, 5) is 0. The Morgan fingerprint density at radius 3 is 0.911 bits per heavy atom. The highest BCUT2D eigenvalue weighted by molar-refractivity contribution is 6.14. The molecule has 0 saturated heterocycles. The number of hydrogen-bond donors (Lipinski definition) is 0. The minimum absolute atomic E-state index is 0.128. The molecule has 9 heteroatoms. The van der Waals surface area contributed by atoms with Crippen molar-refractivity contribution in [3.8, 4) is 84.2 Å². The highest BCUT2D eigenvalue weighted by Gasteiger charge is 2.37. The zero-order valence-electron chi connectivity index (χ0n) is 52.4. The van der Waals surface area contributed by atoms with Gasteiger partial charge < -0.3 is 9.13 Å².